The van der Waals surface area contributed by atoms with Crippen LogP contribution in [0.15, 0.2) is 0 Å². The Bertz CT molecular complexity index is 117. The standard InChI is InChI=1S/C6H18O2Si3/c1-11(2,3)8-10-6-4-5-7-9-10/h10H,4-6,9H2,1-3H3. The van der Waals surface area contributed by atoms with Crippen molar-refractivity contribution < 1.29 is 8.54 Å². The second-order valence-electron chi connectivity index (χ2n) is 4.07. The van der Waals surface area contributed by atoms with Crippen LogP contribution in [-0.2, 0) is 8.54 Å². The van der Waals surface area contributed by atoms with E-state index in [0.717, 1.165) is 6.61 Å². The third-order valence-corrected chi connectivity index (χ3v) is 12.3. The average Bonchev–Trinajstić information content (AvgIpc) is 1.85. The van der Waals surface area contributed by atoms with Crippen LogP contribution in [-0.4, -0.2) is 32.8 Å². The topological polar surface area (TPSA) is 18.5 Å². The minimum Gasteiger partial charge on any atom is -0.458 e. The van der Waals surface area contributed by atoms with Crippen molar-refractivity contribution in [1.82, 2.24) is 0 Å². The van der Waals surface area contributed by atoms with E-state index in [9.17, 15) is 0 Å². The molecule has 1 rings (SSSR count). The Balaban J connectivity index is 2.24. The van der Waals surface area contributed by atoms with E-state index in [1.54, 1.807) is 0 Å². The molecule has 0 bridgehead atoms. The molecule has 0 saturated carbocycles. The van der Waals surface area contributed by atoms with Crippen LogP contribution >= 0.6 is 0 Å². The summed E-state index contributed by atoms with van der Waals surface area (Å²) in [5.74, 6) is 0. The maximum absolute atomic E-state index is 6.09. The summed E-state index contributed by atoms with van der Waals surface area (Å²) in [6.07, 6.45) is 1.26. The Hall–Kier alpha value is 0.571. The molecule has 1 unspecified atom stereocenters. The highest BCUT2D eigenvalue weighted by atomic mass is 29.2. The molecule has 2 nitrogen and oxygen atoms in total. The molecule has 0 amide bonds. The monoisotopic (exact) mass is 206 g/mol. The zero-order valence-corrected chi connectivity index (χ0v) is 11.3. The second kappa shape index (κ2) is 3.99. The van der Waals surface area contributed by atoms with Gasteiger partial charge in [0.05, 0.1) is 0 Å². The predicted octanol–water partition coefficient (Wildman–Crippen LogP) is 0.562. The average molecular weight is 206 g/mol. The van der Waals surface area contributed by atoms with Crippen molar-refractivity contribution in [2.24, 2.45) is 0 Å². The van der Waals surface area contributed by atoms with Crippen LogP contribution in [0.1, 0.15) is 6.42 Å². The van der Waals surface area contributed by atoms with Crippen LogP contribution in [0.3, 0.4) is 0 Å². The van der Waals surface area contributed by atoms with Crippen molar-refractivity contribution in [2.45, 2.75) is 32.1 Å². The van der Waals surface area contributed by atoms with Crippen LogP contribution in [0, 0.1) is 0 Å². The summed E-state index contributed by atoms with van der Waals surface area (Å²) in [4.78, 5) is 0. The molecule has 0 radical (unpaired) electrons. The molecule has 11 heavy (non-hydrogen) atoms. The van der Waals surface area contributed by atoms with Gasteiger partial charge in [-0.15, -0.1) is 0 Å². The molecule has 0 aliphatic carbocycles. The lowest BCUT2D eigenvalue weighted by Crippen LogP contribution is -2.42. The molecular weight excluding hydrogens is 188 g/mol. The Morgan fingerprint density at radius 1 is 1.45 bits per heavy atom. The number of hydrogen-bond donors (Lipinski definition) is 0. The molecule has 66 valence electrons. The SMILES string of the molecule is C[Si](C)(C)O[SiH]1CCCO[SiH2]1. The van der Waals surface area contributed by atoms with Gasteiger partial charge < -0.3 is 8.54 Å². The normalized spacial score (nSPS) is 29.2. The smallest absolute Gasteiger partial charge is 0.177 e. The lowest BCUT2D eigenvalue weighted by Gasteiger charge is -2.27. The summed E-state index contributed by atoms with van der Waals surface area (Å²) < 4.78 is 11.6. The fourth-order valence-corrected chi connectivity index (χ4v) is 15.2. The lowest BCUT2D eigenvalue weighted by atomic mass is 10.5. The minimum atomic E-state index is -1.23. The Morgan fingerprint density at radius 3 is 2.64 bits per heavy atom. The van der Waals surface area contributed by atoms with E-state index in [1.165, 1.54) is 12.5 Å². The third-order valence-electron chi connectivity index (χ3n) is 1.64. The van der Waals surface area contributed by atoms with Crippen molar-refractivity contribution >= 4 is 26.2 Å². The third kappa shape index (κ3) is 4.22. The van der Waals surface area contributed by atoms with Gasteiger partial charge in [-0.3, -0.25) is 0 Å². The lowest BCUT2D eigenvalue weighted by molar-refractivity contribution is 0.327. The van der Waals surface area contributed by atoms with Crippen molar-refractivity contribution in [3.05, 3.63) is 0 Å². The Labute approximate surface area is 73.9 Å². The van der Waals surface area contributed by atoms with E-state index in [1.807, 2.05) is 0 Å². The maximum atomic E-state index is 6.09. The zero-order valence-electron chi connectivity index (χ0n) is 7.72. The molecule has 0 spiro atoms. The molecule has 0 aromatic heterocycles. The molecule has 1 heterocycles. The molecule has 5 heteroatoms. The van der Waals surface area contributed by atoms with E-state index < -0.39 is 16.9 Å². The molecule has 0 aromatic rings. The zero-order chi connectivity index (χ0) is 8.32. The molecule has 0 N–H and O–H groups in total. The van der Waals surface area contributed by atoms with Gasteiger partial charge >= 0.3 is 0 Å². The first-order chi connectivity index (χ1) is 5.08. The molecule has 1 fully saturated rings. The van der Waals surface area contributed by atoms with Crippen LogP contribution < -0.4 is 0 Å². The fourth-order valence-electron chi connectivity index (χ4n) is 1.30. The fraction of sp³-hybridized carbons (Fsp3) is 1.00. The first kappa shape index (κ1) is 9.66. The molecule has 1 atom stereocenters. The quantitative estimate of drug-likeness (QED) is 0.615. The van der Waals surface area contributed by atoms with E-state index >= 15 is 0 Å². The first-order valence-corrected chi connectivity index (χ1v) is 12.9. The van der Waals surface area contributed by atoms with Gasteiger partial charge in [-0.2, -0.15) is 0 Å². The molecule has 1 aliphatic rings. The van der Waals surface area contributed by atoms with E-state index in [-0.39, 0.29) is 9.28 Å². The summed E-state index contributed by atoms with van der Waals surface area (Å²) in [5, 5.41) is 0. The van der Waals surface area contributed by atoms with Crippen LogP contribution in [0.2, 0.25) is 25.7 Å². The van der Waals surface area contributed by atoms with Gasteiger partial charge in [0.1, 0.15) is 0 Å². The van der Waals surface area contributed by atoms with Gasteiger partial charge in [-0.05, 0) is 32.1 Å². The van der Waals surface area contributed by atoms with Gasteiger partial charge in [-0.25, -0.2) is 0 Å². The summed E-state index contributed by atoms with van der Waals surface area (Å²) in [7, 11) is -2.21. The van der Waals surface area contributed by atoms with Gasteiger partial charge in [0.15, 0.2) is 26.2 Å². The molecule has 1 aliphatic heterocycles. The van der Waals surface area contributed by atoms with E-state index in [2.05, 4.69) is 19.6 Å². The largest absolute Gasteiger partial charge is 0.458 e. The predicted molar refractivity (Wildman–Crippen MR) is 55.5 cm³/mol. The van der Waals surface area contributed by atoms with Gasteiger partial charge in [-0.1, -0.05) is 0 Å². The van der Waals surface area contributed by atoms with Crippen molar-refractivity contribution in [2.75, 3.05) is 6.61 Å². The second-order valence-corrected chi connectivity index (χ2v) is 15.5. The molecular formula is C6H18O2Si3. The van der Waals surface area contributed by atoms with E-state index in [4.69, 9.17) is 8.54 Å². The summed E-state index contributed by atoms with van der Waals surface area (Å²) in [5.41, 5.74) is 0. The van der Waals surface area contributed by atoms with Gasteiger partial charge in [0.2, 0.25) is 0 Å². The highest BCUT2D eigenvalue weighted by molar-refractivity contribution is 7.09. The summed E-state index contributed by atoms with van der Waals surface area (Å²) in [6, 6.07) is 1.39. The molecule has 1 saturated heterocycles. The van der Waals surface area contributed by atoms with E-state index in [0.29, 0.717) is 0 Å². The van der Waals surface area contributed by atoms with Crippen LogP contribution in [0.4, 0.5) is 0 Å². The van der Waals surface area contributed by atoms with Gasteiger partial charge in [0.25, 0.3) is 0 Å². The van der Waals surface area contributed by atoms with Gasteiger partial charge in [0, 0.05) is 6.61 Å². The van der Waals surface area contributed by atoms with Crippen molar-refractivity contribution in [3.63, 3.8) is 0 Å². The van der Waals surface area contributed by atoms with Crippen LogP contribution in [0.5, 0.6) is 0 Å². The maximum Gasteiger partial charge on any atom is 0.177 e. The van der Waals surface area contributed by atoms with Crippen molar-refractivity contribution in [1.29, 1.82) is 0 Å². The Kier molecular flexibility index (Phi) is 3.51. The summed E-state index contributed by atoms with van der Waals surface area (Å²) >= 11 is 0. The highest BCUT2D eigenvalue weighted by Crippen LogP contribution is 2.11. The van der Waals surface area contributed by atoms with Crippen molar-refractivity contribution in [3.8, 4) is 0 Å². The minimum absolute atomic E-state index is 0.206. The number of rotatable bonds is 2. The first-order valence-electron chi connectivity index (χ1n) is 4.33. The van der Waals surface area contributed by atoms with Crippen LogP contribution in [0.25, 0.3) is 0 Å². The highest BCUT2D eigenvalue weighted by Gasteiger charge is 2.24. The number of hydrogen-bond acceptors (Lipinski definition) is 2. The Morgan fingerprint density at radius 2 is 2.18 bits per heavy atom. The summed E-state index contributed by atoms with van der Waals surface area (Å²) in [6.45, 7) is 7.86. The molecule has 0 aromatic carbocycles.